The largest absolute Gasteiger partial charge is 0.342 e. The van der Waals surface area contributed by atoms with Crippen LogP contribution in [0.15, 0.2) is 24.3 Å². The molecule has 2 heterocycles. The van der Waals surface area contributed by atoms with Gasteiger partial charge in [0.2, 0.25) is 5.91 Å². The number of hydrogen-bond acceptors (Lipinski definition) is 2. The third-order valence-corrected chi connectivity index (χ3v) is 5.74. The number of carbonyl (C=O) groups excluding carboxylic acids is 1. The molecule has 3 rings (SSSR count). The lowest BCUT2D eigenvalue weighted by Crippen LogP contribution is -2.47. The fourth-order valence-corrected chi connectivity index (χ4v) is 4.22. The normalized spacial score (nSPS) is 23.9. The minimum Gasteiger partial charge on any atom is -0.342 e. The summed E-state index contributed by atoms with van der Waals surface area (Å²) in [4.78, 5) is 17.2. The predicted octanol–water partition coefficient (Wildman–Crippen LogP) is 3.26. The van der Waals surface area contributed by atoms with Gasteiger partial charge in [0, 0.05) is 19.1 Å². The average molecular weight is 314 g/mol. The molecule has 0 saturated carbocycles. The molecule has 1 aromatic carbocycles. The second kappa shape index (κ2) is 7.48. The highest BCUT2D eigenvalue weighted by Crippen LogP contribution is 2.29. The van der Waals surface area contributed by atoms with E-state index < -0.39 is 0 Å². The van der Waals surface area contributed by atoms with Crippen LogP contribution in [-0.4, -0.2) is 48.4 Å². The molecule has 1 aromatic rings. The molecule has 2 aliphatic heterocycles. The van der Waals surface area contributed by atoms with Crippen molar-refractivity contribution in [1.29, 1.82) is 0 Å². The highest BCUT2D eigenvalue weighted by Gasteiger charge is 2.31. The van der Waals surface area contributed by atoms with E-state index in [0.29, 0.717) is 12.3 Å². The van der Waals surface area contributed by atoms with Crippen LogP contribution in [-0.2, 0) is 11.2 Å². The Morgan fingerprint density at radius 2 is 1.74 bits per heavy atom. The topological polar surface area (TPSA) is 23.6 Å². The van der Waals surface area contributed by atoms with E-state index in [0.717, 1.165) is 30.6 Å². The maximum Gasteiger partial charge on any atom is 0.226 e. The summed E-state index contributed by atoms with van der Waals surface area (Å²) < 4.78 is 0. The monoisotopic (exact) mass is 314 g/mol. The van der Waals surface area contributed by atoms with E-state index in [-0.39, 0.29) is 0 Å². The van der Waals surface area contributed by atoms with Crippen molar-refractivity contribution in [3.05, 3.63) is 35.4 Å². The average Bonchev–Trinajstić information content (AvgIpc) is 2.57. The van der Waals surface area contributed by atoms with E-state index in [4.69, 9.17) is 0 Å². The Balaban J connectivity index is 1.50. The summed E-state index contributed by atoms with van der Waals surface area (Å²) in [6, 6.07) is 9.09. The van der Waals surface area contributed by atoms with E-state index in [1.165, 1.54) is 44.2 Å². The van der Waals surface area contributed by atoms with Crippen LogP contribution in [0.25, 0.3) is 0 Å². The molecule has 2 saturated heterocycles. The number of benzene rings is 1. The van der Waals surface area contributed by atoms with Crippen molar-refractivity contribution in [1.82, 2.24) is 9.80 Å². The lowest BCUT2D eigenvalue weighted by molar-refractivity contribution is -0.132. The number of amides is 1. The number of hydrogen-bond donors (Lipinski definition) is 0. The van der Waals surface area contributed by atoms with Crippen LogP contribution in [0.5, 0.6) is 0 Å². The van der Waals surface area contributed by atoms with Crippen molar-refractivity contribution in [2.24, 2.45) is 5.92 Å². The second-order valence-corrected chi connectivity index (χ2v) is 7.42. The van der Waals surface area contributed by atoms with Gasteiger partial charge in [0.15, 0.2) is 0 Å². The van der Waals surface area contributed by atoms with Crippen LogP contribution in [0, 0.1) is 12.8 Å². The van der Waals surface area contributed by atoms with Gasteiger partial charge in [-0.15, -0.1) is 0 Å². The predicted molar refractivity (Wildman–Crippen MR) is 94.5 cm³/mol. The van der Waals surface area contributed by atoms with Gasteiger partial charge < -0.3 is 9.80 Å². The summed E-state index contributed by atoms with van der Waals surface area (Å²) >= 11 is 0. The third kappa shape index (κ3) is 4.14. The highest BCUT2D eigenvalue weighted by molar-refractivity contribution is 5.78. The highest BCUT2D eigenvalue weighted by atomic mass is 16.2. The van der Waals surface area contributed by atoms with Crippen molar-refractivity contribution in [2.45, 2.75) is 51.5 Å². The Labute approximate surface area is 140 Å². The van der Waals surface area contributed by atoms with Gasteiger partial charge in [-0.1, -0.05) is 36.2 Å². The molecule has 3 heteroatoms. The summed E-state index contributed by atoms with van der Waals surface area (Å²) in [7, 11) is 2.28. The molecule has 3 nitrogen and oxygen atoms in total. The molecule has 23 heavy (non-hydrogen) atoms. The number of likely N-dealkylation sites (tertiary alicyclic amines) is 2. The zero-order valence-corrected chi connectivity index (χ0v) is 14.6. The minimum absolute atomic E-state index is 0.296. The number of nitrogens with zero attached hydrogens (tertiary/aromatic N) is 2. The van der Waals surface area contributed by atoms with Gasteiger partial charge >= 0.3 is 0 Å². The van der Waals surface area contributed by atoms with E-state index in [2.05, 4.69) is 48.0 Å². The Morgan fingerprint density at radius 3 is 2.39 bits per heavy atom. The lowest BCUT2D eigenvalue weighted by atomic mass is 9.84. The van der Waals surface area contributed by atoms with Gasteiger partial charge in [0.05, 0.1) is 6.42 Å². The molecule has 0 N–H and O–H groups in total. The quantitative estimate of drug-likeness (QED) is 0.855. The Kier molecular flexibility index (Phi) is 5.37. The van der Waals surface area contributed by atoms with E-state index in [1.807, 2.05) is 0 Å². The smallest absolute Gasteiger partial charge is 0.226 e. The van der Waals surface area contributed by atoms with Crippen molar-refractivity contribution in [2.75, 3.05) is 26.7 Å². The van der Waals surface area contributed by atoms with Gasteiger partial charge in [-0.05, 0) is 57.7 Å². The molecule has 0 spiro atoms. The zero-order chi connectivity index (χ0) is 16.2. The van der Waals surface area contributed by atoms with Crippen LogP contribution in [0.4, 0.5) is 0 Å². The SMILES string of the molecule is Cc1ccc(CC(=O)N2CCC([C@@H]3CCCCN3C)CC2)cc1. The Hall–Kier alpha value is -1.35. The van der Waals surface area contributed by atoms with Crippen LogP contribution in [0.1, 0.15) is 43.2 Å². The maximum atomic E-state index is 12.5. The molecular weight excluding hydrogens is 284 g/mol. The van der Waals surface area contributed by atoms with Gasteiger partial charge in [0.1, 0.15) is 0 Å². The number of aryl methyl sites for hydroxylation is 1. The van der Waals surface area contributed by atoms with E-state index in [1.54, 1.807) is 0 Å². The van der Waals surface area contributed by atoms with Crippen molar-refractivity contribution in [3.8, 4) is 0 Å². The van der Waals surface area contributed by atoms with Gasteiger partial charge in [-0.25, -0.2) is 0 Å². The van der Waals surface area contributed by atoms with E-state index in [9.17, 15) is 4.79 Å². The Morgan fingerprint density at radius 1 is 1.04 bits per heavy atom. The fourth-order valence-electron chi connectivity index (χ4n) is 4.22. The summed E-state index contributed by atoms with van der Waals surface area (Å²) in [6.45, 7) is 5.22. The number of piperidine rings is 2. The van der Waals surface area contributed by atoms with Crippen LogP contribution >= 0.6 is 0 Å². The van der Waals surface area contributed by atoms with E-state index >= 15 is 0 Å². The molecule has 0 unspecified atom stereocenters. The first kappa shape index (κ1) is 16.5. The third-order valence-electron chi connectivity index (χ3n) is 5.74. The molecule has 0 radical (unpaired) electrons. The molecule has 0 bridgehead atoms. The number of carbonyl (C=O) groups is 1. The van der Waals surface area contributed by atoms with Crippen LogP contribution < -0.4 is 0 Å². The van der Waals surface area contributed by atoms with Gasteiger partial charge in [-0.2, -0.15) is 0 Å². The zero-order valence-electron chi connectivity index (χ0n) is 14.6. The summed E-state index contributed by atoms with van der Waals surface area (Å²) in [5, 5.41) is 0. The second-order valence-electron chi connectivity index (χ2n) is 7.42. The van der Waals surface area contributed by atoms with Crippen LogP contribution in [0.3, 0.4) is 0 Å². The molecule has 126 valence electrons. The molecule has 1 amide bonds. The van der Waals surface area contributed by atoms with Crippen molar-refractivity contribution in [3.63, 3.8) is 0 Å². The molecule has 2 fully saturated rings. The standard InChI is InChI=1S/C20H30N2O/c1-16-6-8-17(9-7-16)15-20(23)22-13-10-18(11-14-22)19-5-3-4-12-21(19)2/h6-9,18-19H,3-5,10-15H2,1-2H3/t19-/m0/s1. The maximum absolute atomic E-state index is 12.5. The van der Waals surface area contributed by atoms with Gasteiger partial charge in [-0.3, -0.25) is 4.79 Å². The summed E-state index contributed by atoms with van der Waals surface area (Å²) in [6.07, 6.45) is 6.97. The first-order valence-electron chi connectivity index (χ1n) is 9.17. The molecule has 0 aromatic heterocycles. The molecule has 2 aliphatic rings. The molecular formula is C20H30N2O. The van der Waals surface area contributed by atoms with Crippen molar-refractivity contribution < 1.29 is 4.79 Å². The first-order valence-corrected chi connectivity index (χ1v) is 9.17. The lowest BCUT2D eigenvalue weighted by Gasteiger charge is -2.42. The molecule has 1 atom stereocenters. The minimum atomic E-state index is 0.296. The summed E-state index contributed by atoms with van der Waals surface area (Å²) in [5.41, 5.74) is 2.38. The van der Waals surface area contributed by atoms with Crippen molar-refractivity contribution >= 4 is 5.91 Å². The number of rotatable bonds is 3. The Bertz CT molecular complexity index is 517. The van der Waals surface area contributed by atoms with Gasteiger partial charge in [0.25, 0.3) is 0 Å². The first-order chi connectivity index (χ1) is 11.1. The molecule has 0 aliphatic carbocycles. The van der Waals surface area contributed by atoms with Crippen LogP contribution in [0.2, 0.25) is 0 Å². The fraction of sp³-hybridized carbons (Fsp3) is 0.650. The summed E-state index contributed by atoms with van der Waals surface area (Å²) in [5.74, 6) is 1.08.